The molecule has 3 heteroatoms. The van der Waals surface area contributed by atoms with Crippen molar-refractivity contribution >= 4 is 21.4 Å². The Morgan fingerprint density at radius 2 is 1.92 bits per heavy atom. The summed E-state index contributed by atoms with van der Waals surface area (Å²) in [6.45, 7) is 0. The second-order valence-corrected chi connectivity index (χ2v) is 3.67. The van der Waals surface area contributed by atoms with Gasteiger partial charge in [-0.3, -0.25) is 0 Å². The molecule has 0 atom stereocenters. The fourth-order valence-electron chi connectivity index (χ4n) is 1.16. The Labute approximate surface area is 79.3 Å². The van der Waals surface area contributed by atoms with Gasteiger partial charge >= 0.3 is 0 Å². The number of fused-ring (bicyclic) bond motifs is 1. The lowest BCUT2D eigenvalue weighted by Crippen LogP contribution is -1.69. The summed E-state index contributed by atoms with van der Waals surface area (Å²) in [5.41, 5.74) is 0.638. The van der Waals surface area contributed by atoms with E-state index in [-0.39, 0.29) is 0 Å². The first-order valence-electron chi connectivity index (χ1n) is 3.67. The van der Waals surface area contributed by atoms with Crippen molar-refractivity contribution in [3.05, 3.63) is 34.7 Å². The summed E-state index contributed by atoms with van der Waals surface area (Å²) in [7, 11) is 0. The molecule has 0 aliphatic carbocycles. The van der Waals surface area contributed by atoms with Crippen molar-refractivity contribution in [2.45, 2.75) is 0 Å². The molecule has 0 saturated heterocycles. The van der Waals surface area contributed by atoms with Crippen LogP contribution >= 0.6 is 11.3 Å². The summed E-state index contributed by atoms with van der Waals surface area (Å²) in [4.78, 5) is 0.685. The normalized spacial score (nSPS) is 9.38. The van der Waals surface area contributed by atoms with Crippen LogP contribution in [0.5, 0.6) is 0 Å². The first-order valence-corrected chi connectivity index (χ1v) is 4.49. The van der Waals surface area contributed by atoms with Gasteiger partial charge in [0.15, 0.2) is 0 Å². The lowest BCUT2D eigenvalue weighted by molar-refractivity contribution is 1.50. The Bertz CT molecular complexity index is 528. The summed E-state index contributed by atoms with van der Waals surface area (Å²) in [5, 5.41) is 18.3. The van der Waals surface area contributed by atoms with Gasteiger partial charge in [0.25, 0.3) is 0 Å². The Morgan fingerprint density at radius 3 is 2.62 bits per heavy atom. The maximum Gasteiger partial charge on any atom is 0.110 e. The van der Waals surface area contributed by atoms with Crippen molar-refractivity contribution < 1.29 is 0 Å². The van der Waals surface area contributed by atoms with E-state index in [1.807, 2.05) is 12.1 Å². The maximum atomic E-state index is 8.66. The van der Waals surface area contributed by atoms with Crippen LogP contribution in [-0.4, -0.2) is 0 Å². The highest BCUT2D eigenvalue weighted by molar-refractivity contribution is 7.19. The zero-order valence-electron chi connectivity index (χ0n) is 6.61. The van der Waals surface area contributed by atoms with E-state index in [1.54, 1.807) is 12.1 Å². The van der Waals surface area contributed by atoms with Crippen LogP contribution in [0.15, 0.2) is 24.3 Å². The van der Waals surface area contributed by atoms with Crippen LogP contribution in [0.1, 0.15) is 10.4 Å². The fraction of sp³-hybridized carbons (Fsp3) is 0. The molecule has 0 aliphatic rings. The molecular formula is C10H4N2S. The van der Waals surface area contributed by atoms with Gasteiger partial charge in [0.1, 0.15) is 10.9 Å². The van der Waals surface area contributed by atoms with Gasteiger partial charge in [-0.05, 0) is 23.6 Å². The van der Waals surface area contributed by atoms with Crippen LogP contribution in [0.3, 0.4) is 0 Å². The average Bonchev–Trinajstić information content (AvgIpc) is 2.58. The van der Waals surface area contributed by atoms with Crippen LogP contribution in [0.4, 0.5) is 0 Å². The second-order valence-electron chi connectivity index (χ2n) is 2.59. The minimum atomic E-state index is 0.638. The van der Waals surface area contributed by atoms with Crippen LogP contribution in [0.2, 0.25) is 0 Å². The van der Waals surface area contributed by atoms with Crippen LogP contribution < -0.4 is 0 Å². The van der Waals surface area contributed by atoms with E-state index in [2.05, 4.69) is 12.1 Å². The van der Waals surface area contributed by atoms with E-state index in [0.29, 0.717) is 10.4 Å². The van der Waals surface area contributed by atoms with E-state index in [4.69, 9.17) is 10.5 Å². The van der Waals surface area contributed by atoms with E-state index in [0.717, 1.165) is 10.1 Å². The molecule has 0 unspecified atom stereocenters. The van der Waals surface area contributed by atoms with Gasteiger partial charge in [0.05, 0.1) is 11.6 Å². The SMILES string of the molecule is N#Cc1ccc2cc(C#N)sc2c1. The summed E-state index contributed by atoms with van der Waals surface area (Å²) >= 11 is 1.41. The van der Waals surface area contributed by atoms with Crippen molar-refractivity contribution in [3.63, 3.8) is 0 Å². The second kappa shape index (κ2) is 2.90. The predicted molar refractivity (Wildman–Crippen MR) is 51.3 cm³/mol. The Hall–Kier alpha value is -1.84. The first-order chi connectivity index (χ1) is 6.33. The Morgan fingerprint density at radius 1 is 1.08 bits per heavy atom. The predicted octanol–water partition coefficient (Wildman–Crippen LogP) is 2.64. The molecular weight excluding hydrogens is 180 g/mol. The van der Waals surface area contributed by atoms with E-state index in [1.165, 1.54) is 11.3 Å². The highest BCUT2D eigenvalue weighted by atomic mass is 32.1. The molecule has 1 aromatic heterocycles. The molecule has 0 bridgehead atoms. The molecule has 0 fully saturated rings. The third kappa shape index (κ3) is 1.26. The zero-order chi connectivity index (χ0) is 9.26. The largest absolute Gasteiger partial charge is 0.192 e. The molecule has 1 heterocycles. The summed E-state index contributed by atoms with van der Waals surface area (Å²) in [5.74, 6) is 0. The standard InChI is InChI=1S/C10H4N2S/c11-5-7-1-2-8-4-9(6-12)13-10(8)3-7/h1-4H. The lowest BCUT2D eigenvalue weighted by Gasteiger charge is -1.87. The van der Waals surface area contributed by atoms with Crippen LogP contribution in [0.25, 0.3) is 10.1 Å². The number of nitrogens with zero attached hydrogens (tertiary/aromatic N) is 2. The highest BCUT2D eigenvalue weighted by Crippen LogP contribution is 2.25. The highest BCUT2D eigenvalue weighted by Gasteiger charge is 2.01. The minimum absolute atomic E-state index is 0.638. The van der Waals surface area contributed by atoms with Crippen molar-refractivity contribution in [2.24, 2.45) is 0 Å². The Balaban J connectivity index is 2.74. The number of rotatable bonds is 0. The molecule has 2 aromatic rings. The smallest absolute Gasteiger partial charge is 0.110 e. The number of benzene rings is 1. The molecule has 0 amide bonds. The van der Waals surface area contributed by atoms with Gasteiger partial charge in [-0.1, -0.05) is 6.07 Å². The average molecular weight is 184 g/mol. The van der Waals surface area contributed by atoms with Gasteiger partial charge in [-0.2, -0.15) is 10.5 Å². The van der Waals surface area contributed by atoms with Crippen LogP contribution in [-0.2, 0) is 0 Å². The molecule has 60 valence electrons. The van der Waals surface area contributed by atoms with Crippen molar-refractivity contribution in [1.82, 2.24) is 0 Å². The van der Waals surface area contributed by atoms with Gasteiger partial charge in [-0.25, -0.2) is 0 Å². The summed E-state index contributed by atoms with van der Waals surface area (Å²) < 4.78 is 0.996. The van der Waals surface area contributed by atoms with Gasteiger partial charge < -0.3 is 0 Å². The summed E-state index contributed by atoms with van der Waals surface area (Å²) in [6, 6.07) is 11.4. The molecule has 0 saturated carbocycles. The quantitative estimate of drug-likeness (QED) is 0.631. The number of thiophene rings is 1. The number of hydrogen-bond acceptors (Lipinski definition) is 3. The van der Waals surface area contributed by atoms with Crippen molar-refractivity contribution in [2.75, 3.05) is 0 Å². The fourth-order valence-corrected chi connectivity index (χ4v) is 2.05. The first kappa shape index (κ1) is 7.79. The molecule has 2 nitrogen and oxygen atoms in total. The molecule has 1 aromatic carbocycles. The lowest BCUT2D eigenvalue weighted by atomic mass is 10.2. The number of nitriles is 2. The molecule has 2 rings (SSSR count). The Kier molecular flexibility index (Phi) is 1.73. The molecule has 13 heavy (non-hydrogen) atoms. The van der Waals surface area contributed by atoms with Crippen molar-refractivity contribution in [1.29, 1.82) is 10.5 Å². The van der Waals surface area contributed by atoms with E-state index >= 15 is 0 Å². The molecule has 0 radical (unpaired) electrons. The third-order valence-corrected chi connectivity index (χ3v) is 2.76. The minimum Gasteiger partial charge on any atom is -0.192 e. The summed E-state index contributed by atoms with van der Waals surface area (Å²) in [6.07, 6.45) is 0. The molecule has 0 N–H and O–H groups in total. The third-order valence-electron chi connectivity index (χ3n) is 1.76. The topological polar surface area (TPSA) is 47.6 Å². The van der Waals surface area contributed by atoms with E-state index in [9.17, 15) is 0 Å². The van der Waals surface area contributed by atoms with Gasteiger partial charge in [0, 0.05) is 4.70 Å². The monoisotopic (exact) mass is 184 g/mol. The zero-order valence-corrected chi connectivity index (χ0v) is 7.43. The number of hydrogen-bond donors (Lipinski definition) is 0. The van der Waals surface area contributed by atoms with Crippen LogP contribution in [0, 0.1) is 22.7 Å². The molecule has 0 spiro atoms. The van der Waals surface area contributed by atoms with Gasteiger partial charge in [-0.15, -0.1) is 11.3 Å². The van der Waals surface area contributed by atoms with E-state index < -0.39 is 0 Å². The molecule has 0 aliphatic heterocycles. The maximum absolute atomic E-state index is 8.66. The van der Waals surface area contributed by atoms with Crippen molar-refractivity contribution in [3.8, 4) is 12.1 Å². The van der Waals surface area contributed by atoms with Gasteiger partial charge in [0.2, 0.25) is 0 Å².